The van der Waals surface area contributed by atoms with Crippen molar-refractivity contribution in [2.24, 2.45) is 0 Å². The highest BCUT2D eigenvalue weighted by atomic mass is 32.2. The fourth-order valence-electron chi connectivity index (χ4n) is 1.53. The van der Waals surface area contributed by atoms with Crippen LogP contribution >= 0.6 is 0 Å². The van der Waals surface area contributed by atoms with Crippen LogP contribution in [0.5, 0.6) is 0 Å². The van der Waals surface area contributed by atoms with Crippen LogP contribution < -0.4 is 0 Å². The van der Waals surface area contributed by atoms with Crippen molar-refractivity contribution in [3.05, 3.63) is 36.4 Å². The maximum Gasteiger partial charge on any atom is 0.295 e. The molecule has 0 aliphatic carbocycles. The average Bonchev–Trinajstić information content (AvgIpc) is 2.25. The van der Waals surface area contributed by atoms with Gasteiger partial charge in [-0.3, -0.25) is 9.11 Å². The molecule has 0 aliphatic heterocycles. The summed E-state index contributed by atoms with van der Waals surface area (Å²) in [5.74, 6) is 0. The van der Waals surface area contributed by atoms with Crippen molar-refractivity contribution < 1.29 is 25.9 Å². The third kappa shape index (κ3) is 2.36. The predicted octanol–water partition coefficient (Wildman–Crippen LogP) is 1.13. The van der Waals surface area contributed by atoms with Crippen LogP contribution in [-0.4, -0.2) is 25.9 Å². The summed E-state index contributed by atoms with van der Waals surface area (Å²) in [4.78, 5) is -1.40. The van der Waals surface area contributed by atoms with E-state index in [4.69, 9.17) is 9.11 Å². The lowest BCUT2D eigenvalue weighted by Gasteiger charge is -2.05. The average molecular weight is 287 g/mol. The highest BCUT2D eigenvalue weighted by Gasteiger charge is 2.20. The third-order valence-corrected chi connectivity index (χ3v) is 3.88. The summed E-state index contributed by atoms with van der Waals surface area (Å²) in [7, 11) is -9.25. The zero-order valence-electron chi connectivity index (χ0n) is 8.73. The molecule has 0 saturated heterocycles. The van der Waals surface area contributed by atoms with E-state index >= 15 is 0 Å². The predicted molar refractivity (Wildman–Crippen MR) is 62.4 cm³/mol. The molecule has 8 heteroatoms. The quantitative estimate of drug-likeness (QED) is 0.801. The first kappa shape index (κ1) is 13.0. The molecule has 0 amide bonds. The van der Waals surface area contributed by atoms with Gasteiger partial charge in [0, 0.05) is 11.5 Å². The van der Waals surface area contributed by atoms with E-state index in [1.807, 2.05) is 6.07 Å². The van der Waals surface area contributed by atoms with Crippen LogP contribution in [0, 0.1) is 6.07 Å². The minimum absolute atomic E-state index is 0.118. The summed E-state index contributed by atoms with van der Waals surface area (Å²) in [5, 5.41) is 0.365. The molecule has 18 heavy (non-hydrogen) atoms. The molecule has 0 bridgehead atoms. The second-order valence-electron chi connectivity index (χ2n) is 3.50. The van der Waals surface area contributed by atoms with Crippen molar-refractivity contribution in [3.8, 4) is 0 Å². The summed E-state index contributed by atoms with van der Waals surface area (Å²) in [6.45, 7) is 0. The number of benzene rings is 2. The summed E-state index contributed by atoms with van der Waals surface area (Å²) in [5.41, 5.74) is 0. The van der Waals surface area contributed by atoms with Crippen molar-refractivity contribution in [2.75, 3.05) is 0 Å². The summed E-state index contributed by atoms with van der Waals surface area (Å²) in [6, 6.07) is 8.99. The van der Waals surface area contributed by atoms with Gasteiger partial charge in [0.1, 0.15) is 9.79 Å². The maximum atomic E-state index is 11.2. The molecule has 0 fully saturated rings. The van der Waals surface area contributed by atoms with E-state index in [0.29, 0.717) is 0 Å². The summed E-state index contributed by atoms with van der Waals surface area (Å²) in [6.07, 6.45) is 0. The second-order valence-corrected chi connectivity index (χ2v) is 6.25. The van der Waals surface area contributed by atoms with Gasteiger partial charge in [-0.1, -0.05) is 24.3 Å². The van der Waals surface area contributed by atoms with Gasteiger partial charge in [0.2, 0.25) is 0 Å². The Labute approximate surface area is 103 Å². The van der Waals surface area contributed by atoms with Crippen molar-refractivity contribution in [1.82, 2.24) is 0 Å². The molecular formula is C10H7O6S2. The Bertz CT molecular complexity index is 821. The molecule has 0 heterocycles. The Balaban J connectivity index is 3.00. The smallest absolute Gasteiger partial charge is 0.282 e. The van der Waals surface area contributed by atoms with E-state index in [2.05, 4.69) is 0 Å². The molecule has 0 aliphatic rings. The SMILES string of the molecule is O=S(=O)(O)c1[c]c(S(=O)(=O)O)c2ccccc2c1. The fraction of sp³-hybridized carbons (Fsp3) is 0. The van der Waals surface area contributed by atoms with E-state index in [0.717, 1.165) is 6.07 Å². The number of fused-ring (bicyclic) bond motifs is 1. The van der Waals surface area contributed by atoms with E-state index in [1.165, 1.54) is 18.2 Å². The maximum absolute atomic E-state index is 11.2. The molecule has 0 atom stereocenters. The molecule has 2 rings (SSSR count). The van der Waals surface area contributed by atoms with E-state index in [9.17, 15) is 16.8 Å². The van der Waals surface area contributed by atoms with Gasteiger partial charge >= 0.3 is 0 Å². The van der Waals surface area contributed by atoms with Crippen LogP contribution in [0.4, 0.5) is 0 Å². The first-order valence-corrected chi connectivity index (χ1v) is 7.47. The first-order valence-electron chi connectivity index (χ1n) is 4.59. The topological polar surface area (TPSA) is 109 Å². The second kappa shape index (κ2) is 4.02. The molecule has 0 saturated carbocycles. The van der Waals surface area contributed by atoms with Crippen LogP contribution in [0.25, 0.3) is 10.8 Å². The zero-order valence-corrected chi connectivity index (χ0v) is 10.4. The first-order chi connectivity index (χ1) is 8.19. The number of rotatable bonds is 2. The van der Waals surface area contributed by atoms with E-state index < -0.39 is 30.0 Å². The number of hydrogen-bond acceptors (Lipinski definition) is 4. The highest BCUT2D eigenvalue weighted by Crippen LogP contribution is 2.26. The van der Waals surface area contributed by atoms with Crippen LogP contribution in [0.15, 0.2) is 40.1 Å². The van der Waals surface area contributed by atoms with Gasteiger partial charge in [-0.25, -0.2) is 0 Å². The summed E-state index contributed by atoms with van der Waals surface area (Å²) >= 11 is 0. The molecule has 95 valence electrons. The largest absolute Gasteiger partial charge is 0.295 e. The minimum Gasteiger partial charge on any atom is -0.282 e. The highest BCUT2D eigenvalue weighted by molar-refractivity contribution is 7.86. The van der Waals surface area contributed by atoms with Crippen LogP contribution in [0.3, 0.4) is 0 Å². The van der Waals surface area contributed by atoms with Crippen LogP contribution in [0.1, 0.15) is 0 Å². The molecule has 2 aromatic rings. The fourth-order valence-corrected chi connectivity index (χ4v) is 2.80. The molecule has 2 aromatic carbocycles. The zero-order chi connectivity index (χ0) is 13.6. The third-order valence-electron chi connectivity index (χ3n) is 2.26. The van der Waals surface area contributed by atoms with Gasteiger partial charge < -0.3 is 0 Å². The van der Waals surface area contributed by atoms with Crippen molar-refractivity contribution in [1.29, 1.82) is 0 Å². The van der Waals surface area contributed by atoms with Crippen LogP contribution in [-0.2, 0) is 20.2 Å². The Morgan fingerprint density at radius 1 is 0.944 bits per heavy atom. The molecular weight excluding hydrogens is 280 g/mol. The normalized spacial score (nSPS) is 12.8. The lowest BCUT2D eigenvalue weighted by Crippen LogP contribution is -2.04. The van der Waals surface area contributed by atoms with E-state index in [1.54, 1.807) is 6.07 Å². The van der Waals surface area contributed by atoms with Gasteiger partial charge in [0.15, 0.2) is 0 Å². The Morgan fingerprint density at radius 3 is 2.11 bits per heavy atom. The molecule has 6 nitrogen and oxygen atoms in total. The standard InChI is InChI=1S/C10H7O6S2/c11-17(12,13)8-5-7-3-1-2-4-9(7)10(6-8)18(14,15)16/h1-5H,(H,11,12,13)(H,14,15,16). The molecule has 0 unspecified atom stereocenters. The Kier molecular flexibility index (Phi) is 2.90. The lowest BCUT2D eigenvalue weighted by atomic mass is 10.1. The van der Waals surface area contributed by atoms with Crippen molar-refractivity contribution in [3.63, 3.8) is 0 Å². The van der Waals surface area contributed by atoms with Gasteiger partial charge in [0.25, 0.3) is 20.2 Å². The van der Waals surface area contributed by atoms with Crippen LogP contribution in [0.2, 0.25) is 0 Å². The summed E-state index contributed by atoms with van der Waals surface area (Å²) < 4.78 is 62.3. The van der Waals surface area contributed by atoms with Crippen molar-refractivity contribution in [2.45, 2.75) is 9.79 Å². The Hall–Kier alpha value is -1.48. The Morgan fingerprint density at radius 2 is 1.56 bits per heavy atom. The lowest BCUT2D eigenvalue weighted by molar-refractivity contribution is 0.481. The van der Waals surface area contributed by atoms with E-state index in [-0.39, 0.29) is 10.8 Å². The van der Waals surface area contributed by atoms with Gasteiger partial charge in [0.05, 0.1) is 0 Å². The molecule has 0 aromatic heterocycles. The van der Waals surface area contributed by atoms with Gasteiger partial charge in [-0.2, -0.15) is 16.8 Å². The van der Waals surface area contributed by atoms with Gasteiger partial charge in [-0.15, -0.1) is 0 Å². The number of hydrogen-bond donors (Lipinski definition) is 2. The van der Waals surface area contributed by atoms with Gasteiger partial charge in [-0.05, 0) is 11.5 Å². The van der Waals surface area contributed by atoms with Crippen molar-refractivity contribution >= 4 is 31.0 Å². The minimum atomic E-state index is -4.64. The molecule has 0 spiro atoms. The monoisotopic (exact) mass is 287 g/mol. The molecule has 2 N–H and O–H groups in total. The molecule has 1 radical (unpaired) electrons.